The van der Waals surface area contributed by atoms with Gasteiger partial charge >= 0.3 is 0 Å². The molecule has 0 atom stereocenters. The van der Waals surface area contributed by atoms with E-state index < -0.39 is 0 Å². The molecular weight excluding hydrogens is 335 g/mol. The molecule has 1 saturated heterocycles. The predicted molar refractivity (Wildman–Crippen MR) is 94.0 cm³/mol. The predicted octanol–water partition coefficient (Wildman–Crippen LogP) is 1.80. The van der Waals surface area contributed by atoms with E-state index in [2.05, 4.69) is 25.5 Å². The van der Waals surface area contributed by atoms with Crippen LogP contribution in [-0.2, 0) is 11.3 Å². The molecule has 4 rings (SSSR count). The lowest BCUT2D eigenvalue weighted by Gasteiger charge is -2.32. The molecule has 0 radical (unpaired) electrons. The molecule has 1 N–H and O–H groups in total. The molecule has 7 nitrogen and oxygen atoms in total. The highest BCUT2D eigenvalue weighted by Gasteiger charge is 2.25. The topological polar surface area (TPSA) is 75.4 Å². The minimum atomic E-state index is -0.289. The Morgan fingerprint density at radius 1 is 1.23 bits per heavy atom. The number of piperidine rings is 1. The number of carbonyl (C=O) groups excluding carboxylic acids is 1. The summed E-state index contributed by atoms with van der Waals surface area (Å²) < 4.78 is 14.8. The third kappa shape index (κ3) is 3.49. The van der Waals surface area contributed by atoms with Gasteiger partial charge in [0.25, 0.3) is 0 Å². The first kappa shape index (κ1) is 16.4. The lowest BCUT2D eigenvalue weighted by atomic mass is 9.96. The molecule has 3 aromatic rings. The molecule has 134 valence electrons. The second kappa shape index (κ2) is 7.07. The van der Waals surface area contributed by atoms with E-state index in [1.165, 1.54) is 12.1 Å². The fraction of sp³-hybridized carbons (Fsp3) is 0.333. The van der Waals surface area contributed by atoms with Gasteiger partial charge in [-0.15, -0.1) is 15.3 Å². The average Bonchev–Trinajstić information content (AvgIpc) is 3.14. The molecule has 2 aromatic heterocycles. The van der Waals surface area contributed by atoms with Crippen LogP contribution in [0.15, 0.2) is 42.7 Å². The third-order valence-electron chi connectivity index (χ3n) is 4.69. The molecule has 1 aromatic carbocycles. The molecular formula is C18H19FN6O. The van der Waals surface area contributed by atoms with Gasteiger partial charge in [-0.3, -0.25) is 4.79 Å². The molecule has 0 spiro atoms. The van der Waals surface area contributed by atoms with Crippen molar-refractivity contribution in [3.63, 3.8) is 0 Å². The van der Waals surface area contributed by atoms with Crippen LogP contribution in [0, 0.1) is 11.7 Å². The number of aromatic nitrogens is 4. The van der Waals surface area contributed by atoms with Crippen LogP contribution in [0.2, 0.25) is 0 Å². The van der Waals surface area contributed by atoms with Gasteiger partial charge in [-0.2, -0.15) is 4.52 Å². The normalized spacial score (nSPS) is 15.3. The van der Waals surface area contributed by atoms with E-state index in [0.29, 0.717) is 12.2 Å². The van der Waals surface area contributed by atoms with E-state index in [1.54, 1.807) is 23.0 Å². The Balaban J connectivity index is 1.31. The summed E-state index contributed by atoms with van der Waals surface area (Å²) in [5.41, 5.74) is 1.47. The number of nitrogens with one attached hydrogen (secondary N) is 1. The van der Waals surface area contributed by atoms with Crippen molar-refractivity contribution in [2.24, 2.45) is 5.92 Å². The Morgan fingerprint density at radius 2 is 2.08 bits per heavy atom. The number of halogens is 1. The van der Waals surface area contributed by atoms with Crippen LogP contribution in [0.4, 0.5) is 10.2 Å². The first-order chi connectivity index (χ1) is 12.7. The Bertz CT molecular complexity index is 919. The highest BCUT2D eigenvalue weighted by molar-refractivity contribution is 5.79. The smallest absolute Gasteiger partial charge is 0.223 e. The summed E-state index contributed by atoms with van der Waals surface area (Å²) in [7, 11) is 0. The first-order valence-corrected chi connectivity index (χ1v) is 8.63. The monoisotopic (exact) mass is 354 g/mol. The quantitative estimate of drug-likeness (QED) is 0.773. The Hall–Kier alpha value is -3.03. The highest BCUT2D eigenvalue weighted by Crippen LogP contribution is 2.22. The van der Waals surface area contributed by atoms with Crippen LogP contribution in [0.1, 0.15) is 18.4 Å². The summed E-state index contributed by atoms with van der Waals surface area (Å²) in [4.78, 5) is 14.5. The molecule has 26 heavy (non-hydrogen) atoms. The van der Waals surface area contributed by atoms with E-state index in [1.807, 2.05) is 12.1 Å². The molecule has 8 heteroatoms. The molecule has 1 fully saturated rings. The molecule has 0 bridgehead atoms. The van der Waals surface area contributed by atoms with Crippen LogP contribution in [-0.4, -0.2) is 38.8 Å². The molecule has 0 saturated carbocycles. The maximum absolute atomic E-state index is 13.2. The maximum atomic E-state index is 13.2. The lowest BCUT2D eigenvalue weighted by molar-refractivity contribution is -0.125. The zero-order valence-corrected chi connectivity index (χ0v) is 14.2. The highest BCUT2D eigenvalue weighted by atomic mass is 19.1. The van der Waals surface area contributed by atoms with Crippen molar-refractivity contribution in [1.29, 1.82) is 0 Å². The largest absolute Gasteiger partial charge is 0.355 e. The van der Waals surface area contributed by atoms with Crippen LogP contribution in [0.25, 0.3) is 5.65 Å². The molecule has 1 amide bonds. The van der Waals surface area contributed by atoms with Crippen molar-refractivity contribution in [2.45, 2.75) is 19.4 Å². The zero-order valence-electron chi connectivity index (χ0n) is 14.2. The van der Waals surface area contributed by atoms with Gasteiger partial charge < -0.3 is 10.2 Å². The fourth-order valence-electron chi connectivity index (χ4n) is 3.24. The summed E-state index contributed by atoms with van der Waals surface area (Å²) in [5.74, 6) is 0.563. The first-order valence-electron chi connectivity index (χ1n) is 8.63. The van der Waals surface area contributed by atoms with Crippen LogP contribution < -0.4 is 10.2 Å². The van der Waals surface area contributed by atoms with Crippen molar-refractivity contribution in [2.75, 3.05) is 18.0 Å². The second-order valence-electron chi connectivity index (χ2n) is 6.43. The van der Waals surface area contributed by atoms with Gasteiger partial charge in [0, 0.05) is 25.6 Å². The summed E-state index contributed by atoms with van der Waals surface area (Å²) in [6.45, 7) is 1.88. The van der Waals surface area contributed by atoms with Gasteiger partial charge in [-0.25, -0.2) is 4.39 Å². The minimum Gasteiger partial charge on any atom is -0.355 e. The number of amides is 1. The van der Waals surface area contributed by atoms with Crippen molar-refractivity contribution < 1.29 is 9.18 Å². The maximum Gasteiger partial charge on any atom is 0.223 e. The van der Waals surface area contributed by atoms with Gasteiger partial charge in [0.05, 0.1) is 0 Å². The molecule has 0 aliphatic carbocycles. The summed E-state index contributed by atoms with van der Waals surface area (Å²) in [6, 6.07) is 10.1. The summed E-state index contributed by atoms with van der Waals surface area (Å²) in [6.07, 6.45) is 3.10. The SMILES string of the molecule is O=C(NCc1cccc(F)c1)C1CCN(c2ccc3nncn3n2)CC1. The Kier molecular flexibility index (Phi) is 4.47. The van der Waals surface area contributed by atoms with E-state index in [0.717, 1.165) is 37.3 Å². The Labute approximate surface area is 149 Å². The Morgan fingerprint density at radius 3 is 2.88 bits per heavy atom. The van der Waals surface area contributed by atoms with Gasteiger partial charge in [-0.1, -0.05) is 12.1 Å². The average molecular weight is 354 g/mol. The van der Waals surface area contributed by atoms with Crippen molar-refractivity contribution in [3.8, 4) is 0 Å². The van der Waals surface area contributed by atoms with Gasteiger partial charge in [0.2, 0.25) is 5.91 Å². The second-order valence-corrected chi connectivity index (χ2v) is 6.43. The molecule has 0 unspecified atom stereocenters. The number of hydrogen-bond donors (Lipinski definition) is 1. The summed E-state index contributed by atoms with van der Waals surface area (Å²) >= 11 is 0. The van der Waals surface area contributed by atoms with E-state index in [9.17, 15) is 9.18 Å². The number of hydrogen-bond acceptors (Lipinski definition) is 5. The summed E-state index contributed by atoms with van der Waals surface area (Å²) in [5, 5.41) is 15.2. The van der Waals surface area contributed by atoms with Crippen molar-refractivity contribution in [3.05, 3.63) is 54.1 Å². The number of anilines is 1. The third-order valence-corrected chi connectivity index (χ3v) is 4.69. The van der Waals surface area contributed by atoms with Gasteiger partial charge in [-0.05, 0) is 42.7 Å². The van der Waals surface area contributed by atoms with Crippen LogP contribution in [0.5, 0.6) is 0 Å². The number of benzene rings is 1. The van der Waals surface area contributed by atoms with Crippen LogP contribution >= 0.6 is 0 Å². The van der Waals surface area contributed by atoms with Crippen molar-refractivity contribution >= 4 is 17.4 Å². The number of fused-ring (bicyclic) bond motifs is 1. The number of carbonyl (C=O) groups is 1. The zero-order chi connectivity index (χ0) is 17.9. The number of nitrogens with zero attached hydrogens (tertiary/aromatic N) is 5. The van der Waals surface area contributed by atoms with Crippen molar-refractivity contribution in [1.82, 2.24) is 25.1 Å². The lowest BCUT2D eigenvalue weighted by Crippen LogP contribution is -2.40. The molecule has 3 heterocycles. The van der Waals surface area contributed by atoms with Crippen LogP contribution in [0.3, 0.4) is 0 Å². The minimum absolute atomic E-state index is 0.0242. The van der Waals surface area contributed by atoms with E-state index in [-0.39, 0.29) is 17.6 Å². The van der Waals surface area contributed by atoms with Gasteiger partial charge in [0.1, 0.15) is 18.0 Å². The van der Waals surface area contributed by atoms with E-state index >= 15 is 0 Å². The number of rotatable bonds is 4. The standard InChI is InChI=1S/C18H19FN6O/c19-15-3-1-2-13(10-15)11-20-18(26)14-6-8-24(9-7-14)17-5-4-16-22-21-12-25(16)23-17/h1-5,10,12,14H,6-9,11H2,(H,20,26). The van der Waals surface area contributed by atoms with Gasteiger partial charge in [0.15, 0.2) is 5.65 Å². The molecule has 1 aliphatic rings. The van der Waals surface area contributed by atoms with E-state index in [4.69, 9.17) is 0 Å². The molecule has 1 aliphatic heterocycles. The fourth-order valence-corrected chi connectivity index (χ4v) is 3.24.